The molecule has 1 aromatic carbocycles. The molecule has 24 heavy (non-hydrogen) atoms. The summed E-state index contributed by atoms with van der Waals surface area (Å²) in [7, 11) is 0. The van der Waals surface area contributed by atoms with Crippen molar-refractivity contribution in [3.8, 4) is 0 Å². The molecule has 0 radical (unpaired) electrons. The summed E-state index contributed by atoms with van der Waals surface area (Å²) in [6.07, 6.45) is 5.22. The first-order valence-electron chi connectivity index (χ1n) is 7.19. The van der Waals surface area contributed by atoms with Gasteiger partial charge >= 0.3 is 0 Å². The van der Waals surface area contributed by atoms with Gasteiger partial charge in [0.1, 0.15) is 0 Å². The van der Waals surface area contributed by atoms with Crippen LogP contribution < -0.4 is 5.56 Å². The van der Waals surface area contributed by atoms with E-state index < -0.39 is 0 Å². The summed E-state index contributed by atoms with van der Waals surface area (Å²) in [6.45, 7) is 0.470. The first kappa shape index (κ1) is 15.2. The van der Waals surface area contributed by atoms with E-state index in [-0.39, 0.29) is 5.56 Å². The van der Waals surface area contributed by atoms with Crippen molar-refractivity contribution in [2.45, 2.75) is 11.7 Å². The molecule has 0 spiro atoms. The lowest BCUT2D eigenvalue weighted by Gasteiger charge is -2.08. The maximum absolute atomic E-state index is 12.7. The Labute approximate surface area is 146 Å². The molecule has 120 valence electrons. The molecule has 0 fully saturated rings. The molecule has 3 aromatic heterocycles. The number of benzene rings is 1. The zero-order valence-corrected chi connectivity index (χ0v) is 14.3. The molecule has 0 aliphatic rings. The lowest BCUT2D eigenvalue weighted by atomic mass is 10.2. The molecular formula is C16H12ClN5OS. The number of aromatic nitrogens is 5. The van der Waals surface area contributed by atoms with E-state index in [0.717, 1.165) is 5.56 Å². The van der Waals surface area contributed by atoms with Crippen LogP contribution in [0.25, 0.3) is 16.7 Å². The van der Waals surface area contributed by atoms with Gasteiger partial charge in [-0.15, -0.1) is 5.10 Å². The first-order valence-corrected chi connectivity index (χ1v) is 8.79. The van der Waals surface area contributed by atoms with Crippen LogP contribution in [0.4, 0.5) is 0 Å². The van der Waals surface area contributed by atoms with Crippen LogP contribution in [0, 0.1) is 0 Å². The fourth-order valence-electron chi connectivity index (χ4n) is 2.54. The summed E-state index contributed by atoms with van der Waals surface area (Å²) in [5.74, 6) is 0.488. The second kappa shape index (κ2) is 5.92. The van der Waals surface area contributed by atoms with Crippen molar-refractivity contribution in [3.63, 3.8) is 0 Å². The quantitative estimate of drug-likeness (QED) is 0.527. The molecule has 0 bridgehead atoms. The molecule has 4 aromatic rings. The Hall–Kier alpha value is -2.38. The van der Waals surface area contributed by atoms with Gasteiger partial charge in [0.2, 0.25) is 5.16 Å². The minimum absolute atomic E-state index is 0.113. The molecule has 0 aliphatic carbocycles. The standard InChI is InChI=1S/C16H12ClN5OS/c1-24-16-19-15-18-8-12-13(22(15)20-16)6-7-21(14(12)23)9-10-2-4-11(17)5-3-10/h2-8H,9H2,1H3. The van der Waals surface area contributed by atoms with Gasteiger partial charge in [-0.25, -0.2) is 4.98 Å². The average Bonchev–Trinajstić information content (AvgIpc) is 3.03. The minimum Gasteiger partial charge on any atom is -0.310 e. The molecule has 0 unspecified atom stereocenters. The van der Waals surface area contributed by atoms with Crippen LogP contribution in [0.5, 0.6) is 0 Å². The Balaban J connectivity index is 1.84. The van der Waals surface area contributed by atoms with E-state index in [9.17, 15) is 4.79 Å². The lowest BCUT2D eigenvalue weighted by molar-refractivity contribution is 0.765. The molecular weight excluding hydrogens is 346 g/mol. The summed E-state index contributed by atoms with van der Waals surface area (Å²) < 4.78 is 3.25. The van der Waals surface area contributed by atoms with E-state index >= 15 is 0 Å². The second-order valence-corrected chi connectivity index (χ2v) is 6.45. The minimum atomic E-state index is -0.113. The van der Waals surface area contributed by atoms with Gasteiger partial charge in [-0.05, 0) is 30.0 Å². The Kier molecular flexibility index (Phi) is 3.74. The number of pyridine rings is 1. The second-order valence-electron chi connectivity index (χ2n) is 5.24. The fourth-order valence-corrected chi connectivity index (χ4v) is 3.00. The van der Waals surface area contributed by atoms with Crippen molar-refractivity contribution in [1.29, 1.82) is 0 Å². The van der Waals surface area contributed by atoms with Crippen LogP contribution in [0.15, 0.2) is 52.7 Å². The van der Waals surface area contributed by atoms with E-state index in [1.165, 1.54) is 11.8 Å². The summed E-state index contributed by atoms with van der Waals surface area (Å²) in [5.41, 5.74) is 1.59. The Morgan fingerprint density at radius 1 is 1.21 bits per heavy atom. The molecule has 0 N–H and O–H groups in total. The Bertz CT molecular complexity index is 1100. The van der Waals surface area contributed by atoms with Gasteiger partial charge in [0, 0.05) is 17.4 Å². The summed E-state index contributed by atoms with van der Waals surface area (Å²) in [4.78, 5) is 21.3. The smallest absolute Gasteiger partial charge is 0.261 e. The third-order valence-electron chi connectivity index (χ3n) is 3.74. The molecule has 0 saturated heterocycles. The van der Waals surface area contributed by atoms with Gasteiger partial charge in [-0.2, -0.15) is 9.50 Å². The molecule has 8 heteroatoms. The van der Waals surface area contributed by atoms with Gasteiger partial charge in [0.05, 0.1) is 17.4 Å². The average molecular weight is 358 g/mol. The zero-order valence-electron chi connectivity index (χ0n) is 12.7. The van der Waals surface area contributed by atoms with Gasteiger partial charge in [-0.1, -0.05) is 35.5 Å². The van der Waals surface area contributed by atoms with Crippen LogP contribution in [0.3, 0.4) is 0 Å². The van der Waals surface area contributed by atoms with Crippen LogP contribution in [0.2, 0.25) is 5.02 Å². The van der Waals surface area contributed by atoms with Crippen LogP contribution in [-0.2, 0) is 6.54 Å². The molecule has 0 aliphatic heterocycles. The Morgan fingerprint density at radius 2 is 2.00 bits per heavy atom. The largest absolute Gasteiger partial charge is 0.310 e. The molecule has 6 nitrogen and oxygen atoms in total. The normalized spacial score (nSPS) is 11.4. The van der Waals surface area contributed by atoms with Crippen molar-refractivity contribution in [3.05, 3.63) is 63.7 Å². The van der Waals surface area contributed by atoms with Crippen LogP contribution in [-0.4, -0.2) is 30.4 Å². The van der Waals surface area contributed by atoms with Gasteiger partial charge in [0.15, 0.2) is 0 Å². The molecule has 0 atom stereocenters. The van der Waals surface area contributed by atoms with Gasteiger partial charge in [0.25, 0.3) is 11.3 Å². The van der Waals surface area contributed by atoms with E-state index in [0.29, 0.717) is 33.4 Å². The van der Waals surface area contributed by atoms with E-state index in [1.54, 1.807) is 21.5 Å². The third kappa shape index (κ3) is 2.55. The lowest BCUT2D eigenvalue weighted by Crippen LogP contribution is -2.21. The fraction of sp³-hybridized carbons (Fsp3) is 0.125. The van der Waals surface area contributed by atoms with Crippen molar-refractivity contribution in [2.24, 2.45) is 0 Å². The number of rotatable bonds is 3. The maximum atomic E-state index is 12.7. The molecule has 0 amide bonds. The highest BCUT2D eigenvalue weighted by Crippen LogP contribution is 2.15. The third-order valence-corrected chi connectivity index (χ3v) is 4.53. The highest BCUT2D eigenvalue weighted by atomic mass is 35.5. The Morgan fingerprint density at radius 3 is 2.75 bits per heavy atom. The van der Waals surface area contributed by atoms with Crippen LogP contribution in [0.1, 0.15) is 5.56 Å². The number of nitrogens with zero attached hydrogens (tertiary/aromatic N) is 5. The van der Waals surface area contributed by atoms with Crippen molar-refractivity contribution in [2.75, 3.05) is 6.26 Å². The summed E-state index contributed by atoms with van der Waals surface area (Å²) in [5, 5.41) is 6.18. The number of thioether (sulfide) groups is 1. The van der Waals surface area contributed by atoms with Crippen molar-refractivity contribution >= 4 is 40.0 Å². The summed E-state index contributed by atoms with van der Waals surface area (Å²) in [6, 6.07) is 9.30. The SMILES string of the molecule is CSc1nc2ncc3c(=O)n(Cc4ccc(Cl)cc4)ccc3n2n1. The van der Waals surface area contributed by atoms with Gasteiger partial charge < -0.3 is 4.57 Å². The zero-order chi connectivity index (χ0) is 16.7. The predicted octanol–water partition coefficient (Wildman–Crippen LogP) is 2.86. The maximum Gasteiger partial charge on any atom is 0.261 e. The van der Waals surface area contributed by atoms with E-state index in [2.05, 4.69) is 15.1 Å². The number of fused-ring (bicyclic) bond motifs is 3. The number of halogens is 1. The number of hydrogen-bond donors (Lipinski definition) is 0. The van der Waals surface area contributed by atoms with Crippen molar-refractivity contribution in [1.82, 2.24) is 24.1 Å². The van der Waals surface area contributed by atoms with Crippen LogP contribution >= 0.6 is 23.4 Å². The highest BCUT2D eigenvalue weighted by molar-refractivity contribution is 7.98. The number of hydrogen-bond acceptors (Lipinski definition) is 5. The monoisotopic (exact) mass is 357 g/mol. The van der Waals surface area contributed by atoms with Crippen molar-refractivity contribution < 1.29 is 0 Å². The first-order chi connectivity index (χ1) is 11.7. The van der Waals surface area contributed by atoms with E-state index in [1.807, 2.05) is 36.6 Å². The van der Waals surface area contributed by atoms with E-state index in [4.69, 9.17) is 11.6 Å². The topological polar surface area (TPSA) is 65.1 Å². The molecule has 0 saturated carbocycles. The molecule has 3 heterocycles. The molecule has 4 rings (SSSR count). The van der Waals surface area contributed by atoms with Gasteiger partial charge in [-0.3, -0.25) is 4.79 Å². The predicted molar refractivity (Wildman–Crippen MR) is 94.9 cm³/mol. The highest BCUT2D eigenvalue weighted by Gasteiger charge is 2.11. The summed E-state index contributed by atoms with van der Waals surface area (Å²) >= 11 is 7.34.